The molecular weight excluding hydrogens is 222 g/mol. The average Bonchev–Trinajstić information content (AvgIpc) is 2.97. The Hall–Kier alpha value is -0.0800. The second-order valence-corrected chi connectivity index (χ2v) is 7.29. The molecule has 1 saturated heterocycles. The maximum Gasteiger partial charge on any atom is 0.0685 e. The normalized spacial score (nSPS) is 38.7. The topological polar surface area (TPSA) is 21.3 Å². The summed E-state index contributed by atoms with van der Waals surface area (Å²) < 4.78 is 5.84. The molecule has 1 heterocycles. The third-order valence-electron chi connectivity index (χ3n) is 5.73. The van der Waals surface area contributed by atoms with Crippen LogP contribution in [0.3, 0.4) is 0 Å². The van der Waals surface area contributed by atoms with Gasteiger partial charge in [-0.05, 0) is 31.7 Å². The molecular formula is C16H29NO. The molecule has 3 unspecified atom stereocenters. The summed E-state index contributed by atoms with van der Waals surface area (Å²) in [6.45, 7) is 6.94. The SMILES string of the molecule is CC1(C)C(NCCCC2CCCC2)C2CCOC21. The Morgan fingerprint density at radius 1 is 1.17 bits per heavy atom. The lowest BCUT2D eigenvalue weighted by Crippen LogP contribution is -2.65. The molecule has 104 valence electrons. The highest BCUT2D eigenvalue weighted by atomic mass is 16.5. The molecule has 0 bridgehead atoms. The fourth-order valence-electron chi connectivity index (χ4n) is 4.69. The van der Waals surface area contributed by atoms with E-state index in [9.17, 15) is 0 Å². The Morgan fingerprint density at radius 3 is 2.72 bits per heavy atom. The van der Waals surface area contributed by atoms with Crippen LogP contribution >= 0.6 is 0 Å². The molecule has 0 spiro atoms. The molecule has 2 saturated carbocycles. The van der Waals surface area contributed by atoms with Crippen LogP contribution in [0.1, 0.15) is 58.8 Å². The molecule has 0 aromatic heterocycles. The molecule has 0 amide bonds. The lowest BCUT2D eigenvalue weighted by molar-refractivity contribution is -0.112. The zero-order chi connectivity index (χ0) is 12.6. The molecule has 0 radical (unpaired) electrons. The standard InChI is InChI=1S/C16H29NO/c1-16(2)14(13-9-11-18-15(13)16)17-10-5-8-12-6-3-4-7-12/h12-15,17H,3-11H2,1-2H3. The van der Waals surface area contributed by atoms with Crippen molar-refractivity contribution in [2.45, 2.75) is 70.9 Å². The molecule has 18 heavy (non-hydrogen) atoms. The molecule has 3 rings (SSSR count). The van der Waals surface area contributed by atoms with Crippen LogP contribution in [0, 0.1) is 17.3 Å². The number of hydrogen-bond donors (Lipinski definition) is 1. The number of rotatable bonds is 5. The first-order chi connectivity index (χ1) is 8.69. The van der Waals surface area contributed by atoms with Crippen molar-refractivity contribution in [3.63, 3.8) is 0 Å². The second kappa shape index (κ2) is 5.13. The molecule has 2 nitrogen and oxygen atoms in total. The van der Waals surface area contributed by atoms with Crippen LogP contribution < -0.4 is 5.32 Å². The van der Waals surface area contributed by atoms with Crippen molar-refractivity contribution in [2.75, 3.05) is 13.2 Å². The summed E-state index contributed by atoms with van der Waals surface area (Å²) in [6, 6.07) is 0.702. The van der Waals surface area contributed by atoms with Crippen LogP contribution in [-0.2, 0) is 4.74 Å². The summed E-state index contributed by atoms with van der Waals surface area (Å²) in [7, 11) is 0. The van der Waals surface area contributed by atoms with Crippen LogP contribution in [0.5, 0.6) is 0 Å². The van der Waals surface area contributed by atoms with Crippen molar-refractivity contribution in [3.8, 4) is 0 Å². The van der Waals surface area contributed by atoms with E-state index in [1.54, 1.807) is 0 Å². The minimum atomic E-state index is 0.356. The van der Waals surface area contributed by atoms with Crippen molar-refractivity contribution in [2.24, 2.45) is 17.3 Å². The quantitative estimate of drug-likeness (QED) is 0.757. The van der Waals surface area contributed by atoms with Crippen molar-refractivity contribution in [1.29, 1.82) is 0 Å². The van der Waals surface area contributed by atoms with Crippen LogP contribution in [0.2, 0.25) is 0 Å². The van der Waals surface area contributed by atoms with Gasteiger partial charge in [0, 0.05) is 24.0 Å². The Kier molecular flexibility index (Phi) is 3.68. The summed E-state index contributed by atoms with van der Waals surface area (Å²) in [5.41, 5.74) is 0.356. The lowest BCUT2D eigenvalue weighted by Gasteiger charge is -2.55. The third-order valence-corrected chi connectivity index (χ3v) is 5.73. The average molecular weight is 251 g/mol. The van der Waals surface area contributed by atoms with E-state index in [1.165, 1.54) is 51.5 Å². The van der Waals surface area contributed by atoms with Gasteiger partial charge in [-0.3, -0.25) is 0 Å². The molecule has 1 N–H and O–H groups in total. The Bertz CT molecular complexity index is 283. The van der Waals surface area contributed by atoms with Crippen molar-refractivity contribution < 1.29 is 4.74 Å². The Morgan fingerprint density at radius 2 is 1.94 bits per heavy atom. The van der Waals surface area contributed by atoms with E-state index in [1.807, 2.05) is 0 Å². The predicted octanol–water partition coefficient (Wildman–Crippen LogP) is 3.36. The van der Waals surface area contributed by atoms with Gasteiger partial charge in [0.05, 0.1) is 6.10 Å². The largest absolute Gasteiger partial charge is 0.377 e. The van der Waals surface area contributed by atoms with Crippen LogP contribution in [0.4, 0.5) is 0 Å². The van der Waals surface area contributed by atoms with Crippen LogP contribution in [-0.4, -0.2) is 25.3 Å². The molecule has 2 aliphatic carbocycles. The highest BCUT2D eigenvalue weighted by Gasteiger charge is 2.58. The third kappa shape index (κ3) is 2.22. The van der Waals surface area contributed by atoms with Crippen molar-refractivity contribution in [3.05, 3.63) is 0 Å². The first-order valence-corrected chi connectivity index (χ1v) is 8.04. The van der Waals surface area contributed by atoms with Gasteiger partial charge in [-0.1, -0.05) is 39.5 Å². The minimum absolute atomic E-state index is 0.356. The smallest absolute Gasteiger partial charge is 0.0685 e. The van der Waals surface area contributed by atoms with Crippen molar-refractivity contribution >= 4 is 0 Å². The fraction of sp³-hybridized carbons (Fsp3) is 1.00. The zero-order valence-corrected chi connectivity index (χ0v) is 12.1. The van der Waals surface area contributed by atoms with Gasteiger partial charge >= 0.3 is 0 Å². The summed E-state index contributed by atoms with van der Waals surface area (Å²) in [4.78, 5) is 0. The number of nitrogens with one attached hydrogen (secondary N) is 1. The van der Waals surface area contributed by atoms with E-state index in [-0.39, 0.29) is 0 Å². The summed E-state index contributed by atoms with van der Waals surface area (Å²) in [5.74, 6) is 1.84. The molecule has 3 fully saturated rings. The monoisotopic (exact) mass is 251 g/mol. The van der Waals surface area contributed by atoms with E-state index in [2.05, 4.69) is 19.2 Å². The van der Waals surface area contributed by atoms with E-state index in [0.717, 1.165) is 18.4 Å². The number of ether oxygens (including phenoxy) is 1. The fourth-order valence-corrected chi connectivity index (χ4v) is 4.69. The molecule has 0 aromatic rings. The summed E-state index contributed by atoms with van der Waals surface area (Å²) in [5, 5.41) is 3.82. The van der Waals surface area contributed by atoms with Gasteiger partial charge < -0.3 is 10.1 Å². The summed E-state index contributed by atoms with van der Waals surface area (Å²) >= 11 is 0. The summed E-state index contributed by atoms with van der Waals surface area (Å²) in [6.07, 6.45) is 10.6. The van der Waals surface area contributed by atoms with Gasteiger partial charge in [0.15, 0.2) is 0 Å². The molecule has 3 aliphatic rings. The second-order valence-electron chi connectivity index (χ2n) is 7.29. The molecule has 0 aromatic carbocycles. The zero-order valence-electron chi connectivity index (χ0n) is 12.1. The lowest BCUT2D eigenvalue weighted by atomic mass is 9.57. The molecule has 2 heteroatoms. The van der Waals surface area contributed by atoms with Crippen molar-refractivity contribution in [1.82, 2.24) is 5.32 Å². The molecule has 3 atom stereocenters. The highest BCUT2D eigenvalue weighted by molar-refractivity contribution is 5.11. The first kappa shape index (κ1) is 12.9. The van der Waals surface area contributed by atoms with E-state index in [4.69, 9.17) is 4.74 Å². The maximum absolute atomic E-state index is 5.84. The van der Waals surface area contributed by atoms with Gasteiger partial charge in [-0.25, -0.2) is 0 Å². The number of hydrogen-bond acceptors (Lipinski definition) is 2. The van der Waals surface area contributed by atoms with Crippen LogP contribution in [0.15, 0.2) is 0 Å². The minimum Gasteiger partial charge on any atom is -0.377 e. The highest BCUT2D eigenvalue weighted by Crippen LogP contribution is 2.52. The van der Waals surface area contributed by atoms with E-state index >= 15 is 0 Å². The molecule has 1 aliphatic heterocycles. The van der Waals surface area contributed by atoms with Gasteiger partial charge in [0.1, 0.15) is 0 Å². The van der Waals surface area contributed by atoms with Gasteiger partial charge in [0.2, 0.25) is 0 Å². The van der Waals surface area contributed by atoms with Gasteiger partial charge in [-0.2, -0.15) is 0 Å². The Balaban J connectivity index is 1.38. The number of fused-ring (bicyclic) bond motifs is 1. The van der Waals surface area contributed by atoms with E-state index < -0.39 is 0 Å². The van der Waals surface area contributed by atoms with Gasteiger partial charge in [-0.15, -0.1) is 0 Å². The first-order valence-electron chi connectivity index (χ1n) is 8.04. The maximum atomic E-state index is 5.84. The Labute approximate surface area is 112 Å². The van der Waals surface area contributed by atoms with Crippen LogP contribution in [0.25, 0.3) is 0 Å². The van der Waals surface area contributed by atoms with E-state index in [0.29, 0.717) is 17.6 Å². The predicted molar refractivity (Wildman–Crippen MR) is 74.6 cm³/mol. The van der Waals surface area contributed by atoms with Gasteiger partial charge in [0.25, 0.3) is 0 Å².